The Kier molecular flexibility index (Phi) is 3.04. The zero-order chi connectivity index (χ0) is 14.4. The molecule has 106 valence electrons. The predicted molar refractivity (Wildman–Crippen MR) is 59.3 cm³/mol. The predicted octanol–water partition coefficient (Wildman–Crippen LogP) is 2.01. The van der Waals surface area contributed by atoms with Crippen LogP contribution in [0.2, 0.25) is 0 Å². The Morgan fingerprint density at radius 3 is 2.30 bits per heavy atom. The zero-order valence-corrected chi connectivity index (χ0v) is 10.5. The number of halogens is 4. The van der Waals surface area contributed by atoms with Gasteiger partial charge in [0.2, 0.25) is 0 Å². The minimum absolute atomic E-state index is 0.0553. The fourth-order valence-corrected chi connectivity index (χ4v) is 2.62. The van der Waals surface area contributed by atoms with Crippen molar-refractivity contribution >= 4 is 11.8 Å². The lowest BCUT2D eigenvalue weighted by atomic mass is 10.4. The molecule has 1 N–H and O–H groups in total. The Balaban J connectivity index is 2.06. The lowest BCUT2D eigenvalue weighted by Gasteiger charge is -2.06. The second-order valence-electron chi connectivity index (χ2n) is 4.17. The molecule has 0 bridgehead atoms. The highest BCUT2D eigenvalue weighted by atomic mass is 32.2. The number of rotatable bonds is 3. The van der Waals surface area contributed by atoms with Crippen LogP contribution in [0.1, 0.15) is 18.9 Å². The highest BCUT2D eigenvalue weighted by Gasteiger charge is 2.30. The summed E-state index contributed by atoms with van der Waals surface area (Å²) in [5.74, 6) is -6.73. The molecule has 5 nitrogen and oxygen atoms in total. The van der Waals surface area contributed by atoms with Gasteiger partial charge >= 0.3 is 5.69 Å². The van der Waals surface area contributed by atoms with Gasteiger partial charge in [-0.25, -0.2) is 18.7 Å². The van der Waals surface area contributed by atoms with Crippen LogP contribution in [0.15, 0.2) is 14.8 Å². The quantitative estimate of drug-likeness (QED) is 0.696. The zero-order valence-electron chi connectivity index (χ0n) is 9.66. The first-order valence-electron chi connectivity index (χ1n) is 5.53. The molecule has 0 radical (unpaired) electrons. The van der Waals surface area contributed by atoms with Crippen molar-refractivity contribution < 1.29 is 17.6 Å². The maximum atomic E-state index is 13.5. The van der Waals surface area contributed by atoms with E-state index < -0.39 is 34.1 Å². The largest absolute Gasteiger partial charge is 0.344 e. The molecule has 0 atom stereocenters. The van der Waals surface area contributed by atoms with E-state index in [0.717, 1.165) is 12.8 Å². The SMILES string of the molecule is O=c1[nH]nc(Sc2c(F)c(F)nc(F)c2F)n1C1CC1. The molecule has 0 saturated heterocycles. The molecule has 10 heteroatoms. The minimum Gasteiger partial charge on any atom is -0.267 e. The summed E-state index contributed by atoms with van der Waals surface area (Å²) in [6, 6.07) is -0.105. The minimum atomic E-state index is -1.75. The van der Waals surface area contributed by atoms with E-state index in [-0.39, 0.29) is 11.2 Å². The summed E-state index contributed by atoms with van der Waals surface area (Å²) in [5.41, 5.74) is -0.536. The molecule has 1 fully saturated rings. The van der Waals surface area contributed by atoms with Gasteiger partial charge in [0.1, 0.15) is 0 Å². The Labute approximate surface area is 113 Å². The van der Waals surface area contributed by atoms with Crippen LogP contribution in [0.4, 0.5) is 17.6 Å². The highest BCUT2D eigenvalue weighted by molar-refractivity contribution is 7.99. The molecule has 0 aromatic carbocycles. The molecule has 1 aliphatic carbocycles. The summed E-state index contributed by atoms with van der Waals surface area (Å²) in [6.45, 7) is 0. The molecule has 2 aromatic heterocycles. The standard InChI is InChI=1S/C10H6F4N4OS/c11-4-6(5(12)8(14)15-7(4)13)20-10-17-16-9(19)18(10)3-1-2-3/h3H,1-2H2,(H,16,19). The van der Waals surface area contributed by atoms with Crippen molar-refractivity contribution in [3.63, 3.8) is 0 Å². The topological polar surface area (TPSA) is 63.6 Å². The van der Waals surface area contributed by atoms with Gasteiger partial charge in [-0.1, -0.05) is 0 Å². The molecule has 0 spiro atoms. The van der Waals surface area contributed by atoms with Crippen molar-refractivity contribution in [2.75, 3.05) is 0 Å². The first-order valence-corrected chi connectivity index (χ1v) is 6.35. The van der Waals surface area contributed by atoms with Crippen molar-refractivity contribution in [2.24, 2.45) is 0 Å². The lowest BCUT2D eigenvalue weighted by molar-refractivity contribution is 0.383. The van der Waals surface area contributed by atoms with Crippen LogP contribution in [0, 0.1) is 23.5 Å². The number of nitrogens with one attached hydrogen (secondary N) is 1. The Morgan fingerprint density at radius 2 is 1.75 bits per heavy atom. The van der Waals surface area contributed by atoms with Crippen molar-refractivity contribution in [2.45, 2.75) is 28.9 Å². The van der Waals surface area contributed by atoms with Crippen molar-refractivity contribution in [3.8, 4) is 0 Å². The summed E-state index contributed by atoms with van der Waals surface area (Å²) in [6.07, 6.45) is 1.47. The van der Waals surface area contributed by atoms with Crippen LogP contribution in [-0.2, 0) is 0 Å². The molecule has 0 aliphatic heterocycles. The second-order valence-corrected chi connectivity index (χ2v) is 5.14. The maximum Gasteiger partial charge on any atom is 0.344 e. The molecule has 0 unspecified atom stereocenters. The third-order valence-corrected chi connectivity index (χ3v) is 3.77. The van der Waals surface area contributed by atoms with Crippen LogP contribution < -0.4 is 5.69 Å². The van der Waals surface area contributed by atoms with E-state index in [1.165, 1.54) is 4.57 Å². The molecule has 3 rings (SSSR count). The molecular weight excluding hydrogens is 300 g/mol. The fraction of sp³-hybridized carbons (Fsp3) is 0.300. The number of hydrogen-bond acceptors (Lipinski definition) is 4. The molecule has 0 amide bonds. The molecule has 2 heterocycles. The van der Waals surface area contributed by atoms with Crippen LogP contribution in [0.5, 0.6) is 0 Å². The third-order valence-electron chi connectivity index (χ3n) is 2.73. The van der Waals surface area contributed by atoms with Gasteiger partial charge in [-0.15, -0.1) is 5.10 Å². The van der Waals surface area contributed by atoms with E-state index in [1.807, 2.05) is 0 Å². The molecular formula is C10H6F4N4OS. The van der Waals surface area contributed by atoms with E-state index in [4.69, 9.17) is 0 Å². The normalized spacial score (nSPS) is 14.8. The summed E-state index contributed by atoms with van der Waals surface area (Å²) in [7, 11) is 0. The Morgan fingerprint density at radius 1 is 1.15 bits per heavy atom. The van der Waals surface area contributed by atoms with E-state index in [2.05, 4.69) is 15.2 Å². The summed E-state index contributed by atoms with van der Waals surface area (Å²) in [4.78, 5) is 13.0. The van der Waals surface area contributed by atoms with Crippen LogP contribution in [-0.4, -0.2) is 19.7 Å². The summed E-state index contributed by atoms with van der Waals surface area (Å²) in [5, 5.41) is 5.68. The number of aromatic nitrogens is 4. The van der Waals surface area contributed by atoms with Gasteiger partial charge < -0.3 is 0 Å². The second kappa shape index (κ2) is 4.62. The van der Waals surface area contributed by atoms with Gasteiger partial charge in [0.05, 0.1) is 4.90 Å². The Hall–Kier alpha value is -1.84. The smallest absolute Gasteiger partial charge is 0.267 e. The van der Waals surface area contributed by atoms with Gasteiger partial charge in [-0.2, -0.15) is 13.8 Å². The Bertz CT molecular complexity index is 713. The van der Waals surface area contributed by atoms with Crippen LogP contribution in [0.3, 0.4) is 0 Å². The lowest BCUT2D eigenvalue weighted by Crippen LogP contribution is -2.16. The summed E-state index contributed by atoms with van der Waals surface area (Å²) < 4.78 is 54.2. The van der Waals surface area contributed by atoms with Crippen molar-refractivity contribution in [3.05, 3.63) is 34.0 Å². The number of aromatic amines is 1. The van der Waals surface area contributed by atoms with Crippen LogP contribution >= 0.6 is 11.8 Å². The molecule has 2 aromatic rings. The van der Waals surface area contributed by atoms with Crippen molar-refractivity contribution in [1.82, 2.24) is 19.7 Å². The number of H-pyrrole nitrogens is 1. The first kappa shape index (κ1) is 13.2. The van der Waals surface area contributed by atoms with Gasteiger partial charge in [0.25, 0.3) is 11.9 Å². The summed E-state index contributed by atoms with van der Waals surface area (Å²) >= 11 is 0.336. The van der Waals surface area contributed by atoms with E-state index in [0.29, 0.717) is 11.8 Å². The molecule has 1 saturated carbocycles. The number of hydrogen-bond donors (Lipinski definition) is 1. The van der Waals surface area contributed by atoms with Crippen LogP contribution in [0.25, 0.3) is 0 Å². The van der Waals surface area contributed by atoms with Gasteiger partial charge in [-0.3, -0.25) is 4.57 Å². The van der Waals surface area contributed by atoms with E-state index in [9.17, 15) is 22.4 Å². The average molecular weight is 306 g/mol. The van der Waals surface area contributed by atoms with E-state index in [1.54, 1.807) is 0 Å². The number of pyridine rings is 1. The monoisotopic (exact) mass is 306 g/mol. The highest BCUT2D eigenvalue weighted by Crippen LogP contribution is 2.39. The van der Waals surface area contributed by atoms with Gasteiger partial charge in [0, 0.05) is 6.04 Å². The third kappa shape index (κ3) is 2.09. The van der Waals surface area contributed by atoms with Gasteiger partial charge in [-0.05, 0) is 24.6 Å². The van der Waals surface area contributed by atoms with Crippen molar-refractivity contribution in [1.29, 1.82) is 0 Å². The molecule has 1 aliphatic rings. The number of nitrogens with zero attached hydrogens (tertiary/aromatic N) is 3. The average Bonchev–Trinajstić information content (AvgIpc) is 3.17. The van der Waals surface area contributed by atoms with Gasteiger partial charge in [0.15, 0.2) is 16.8 Å². The van der Waals surface area contributed by atoms with E-state index >= 15 is 0 Å². The fourth-order valence-electron chi connectivity index (χ4n) is 1.67. The maximum absolute atomic E-state index is 13.5. The molecule has 20 heavy (non-hydrogen) atoms. The first-order chi connectivity index (χ1) is 9.49.